The van der Waals surface area contributed by atoms with Gasteiger partial charge in [0.2, 0.25) is 11.5 Å². The van der Waals surface area contributed by atoms with Crippen molar-refractivity contribution in [3.8, 4) is 17.2 Å². The van der Waals surface area contributed by atoms with Crippen molar-refractivity contribution < 1.29 is 19.0 Å². The molecule has 0 saturated carbocycles. The second kappa shape index (κ2) is 3.40. The van der Waals surface area contributed by atoms with Crippen LogP contribution in [0.4, 0.5) is 0 Å². The maximum absolute atomic E-state index is 12.0. The van der Waals surface area contributed by atoms with Crippen LogP contribution in [0.3, 0.4) is 0 Å². The van der Waals surface area contributed by atoms with Gasteiger partial charge in [-0.25, -0.2) is 0 Å². The molecule has 0 N–H and O–H groups in total. The number of hydrogen-bond donors (Lipinski definition) is 0. The van der Waals surface area contributed by atoms with Gasteiger partial charge in [-0.1, -0.05) is 0 Å². The summed E-state index contributed by atoms with van der Waals surface area (Å²) in [5.41, 5.74) is -0.287. The third-order valence-corrected chi connectivity index (χ3v) is 2.65. The van der Waals surface area contributed by atoms with Gasteiger partial charge in [0.15, 0.2) is 17.1 Å². The third kappa shape index (κ3) is 1.33. The highest BCUT2D eigenvalue weighted by Gasteiger charge is 2.42. The molecule has 0 spiro atoms. The van der Waals surface area contributed by atoms with Crippen molar-refractivity contribution >= 4 is 5.78 Å². The van der Waals surface area contributed by atoms with Crippen molar-refractivity contribution in [1.82, 2.24) is 0 Å². The zero-order valence-corrected chi connectivity index (χ0v) is 9.79. The Balaban J connectivity index is 2.62. The normalized spacial score (nSPS) is 16.6. The van der Waals surface area contributed by atoms with Gasteiger partial charge >= 0.3 is 0 Å². The molecular formula is C12H14O4. The van der Waals surface area contributed by atoms with Crippen LogP contribution in [0.1, 0.15) is 24.2 Å². The minimum atomic E-state index is -0.831. The van der Waals surface area contributed by atoms with Gasteiger partial charge < -0.3 is 14.2 Å². The molecule has 0 fully saturated rings. The first-order chi connectivity index (χ1) is 7.51. The van der Waals surface area contributed by atoms with Crippen LogP contribution in [0.2, 0.25) is 0 Å². The van der Waals surface area contributed by atoms with Crippen molar-refractivity contribution in [2.24, 2.45) is 0 Å². The molecule has 1 heterocycles. The van der Waals surface area contributed by atoms with Crippen molar-refractivity contribution in [3.63, 3.8) is 0 Å². The van der Waals surface area contributed by atoms with Crippen LogP contribution in [0.25, 0.3) is 0 Å². The summed E-state index contributed by atoms with van der Waals surface area (Å²) in [6.07, 6.45) is 0. The van der Waals surface area contributed by atoms with E-state index in [2.05, 4.69) is 0 Å². The number of ether oxygens (including phenoxy) is 3. The number of carbonyl (C=O) groups excluding carboxylic acids is 1. The molecule has 0 atom stereocenters. The van der Waals surface area contributed by atoms with E-state index in [0.29, 0.717) is 22.8 Å². The lowest BCUT2D eigenvalue weighted by Crippen LogP contribution is -2.31. The Bertz CT molecular complexity index is 449. The SMILES string of the molecule is COc1ccc2c(c1OC)OC(C)(C)C2=O. The molecule has 0 aliphatic carbocycles. The molecule has 1 aromatic carbocycles. The average Bonchev–Trinajstić information content (AvgIpc) is 2.49. The van der Waals surface area contributed by atoms with Crippen LogP contribution >= 0.6 is 0 Å². The van der Waals surface area contributed by atoms with Crippen LogP contribution in [0, 0.1) is 0 Å². The number of benzene rings is 1. The van der Waals surface area contributed by atoms with E-state index in [4.69, 9.17) is 14.2 Å². The van der Waals surface area contributed by atoms with Crippen molar-refractivity contribution in [2.45, 2.75) is 19.4 Å². The first-order valence-corrected chi connectivity index (χ1v) is 5.00. The lowest BCUT2D eigenvalue weighted by Gasteiger charge is -2.16. The number of fused-ring (bicyclic) bond motifs is 1. The third-order valence-electron chi connectivity index (χ3n) is 2.65. The van der Waals surface area contributed by atoms with Crippen LogP contribution in [0.15, 0.2) is 12.1 Å². The molecule has 0 unspecified atom stereocenters. The summed E-state index contributed by atoms with van der Waals surface area (Å²) in [6.45, 7) is 3.47. The standard InChI is InChI=1S/C12H14O4/c1-12(2)11(13)7-5-6-8(14-3)10(15-4)9(7)16-12/h5-6H,1-4H3. The maximum atomic E-state index is 12.0. The second-order valence-electron chi connectivity index (χ2n) is 4.12. The Morgan fingerprint density at radius 3 is 2.44 bits per heavy atom. The van der Waals surface area contributed by atoms with Crippen molar-refractivity contribution in [2.75, 3.05) is 14.2 Å². The lowest BCUT2D eigenvalue weighted by molar-refractivity contribution is 0.0678. The molecule has 4 heteroatoms. The summed E-state index contributed by atoms with van der Waals surface area (Å²) in [5.74, 6) is 1.46. The molecule has 2 rings (SSSR count). The number of ketones is 1. The van der Waals surface area contributed by atoms with Gasteiger partial charge in [-0.05, 0) is 26.0 Å². The number of rotatable bonds is 2. The quantitative estimate of drug-likeness (QED) is 0.768. The van der Waals surface area contributed by atoms with E-state index in [1.807, 2.05) is 0 Å². The van der Waals surface area contributed by atoms with Crippen LogP contribution in [-0.2, 0) is 0 Å². The van der Waals surface area contributed by atoms with Gasteiger partial charge in [-0.2, -0.15) is 0 Å². The highest BCUT2D eigenvalue weighted by Crippen LogP contribution is 2.46. The molecule has 16 heavy (non-hydrogen) atoms. The summed E-state index contributed by atoms with van der Waals surface area (Å²) >= 11 is 0. The summed E-state index contributed by atoms with van der Waals surface area (Å²) in [7, 11) is 3.07. The number of methoxy groups -OCH3 is 2. The largest absolute Gasteiger partial charge is 0.493 e. The van der Waals surface area contributed by atoms with Crippen molar-refractivity contribution in [1.29, 1.82) is 0 Å². The minimum absolute atomic E-state index is 0.0385. The molecule has 0 bridgehead atoms. The predicted molar refractivity (Wildman–Crippen MR) is 58.6 cm³/mol. The fraction of sp³-hybridized carbons (Fsp3) is 0.417. The highest BCUT2D eigenvalue weighted by atomic mass is 16.5. The smallest absolute Gasteiger partial charge is 0.209 e. The molecule has 1 aromatic rings. The Labute approximate surface area is 94.1 Å². The van der Waals surface area contributed by atoms with Gasteiger partial charge in [0.25, 0.3) is 0 Å². The van der Waals surface area contributed by atoms with Crippen LogP contribution in [-0.4, -0.2) is 25.6 Å². The summed E-state index contributed by atoms with van der Waals surface area (Å²) in [6, 6.07) is 3.41. The Morgan fingerprint density at radius 1 is 1.19 bits per heavy atom. The maximum Gasteiger partial charge on any atom is 0.209 e. The highest BCUT2D eigenvalue weighted by molar-refractivity contribution is 6.08. The predicted octanol–water partition coefficient (Wildman–Crippen LogP) is 2.06. The number of Topliss-reactive ketones (excluding diaryl/α,β-unsaturated/α-hetero) is 1. The van der Waals surface area contributed by atoms with Crippen LogP contribution < -0.4 is 14.2 Å². The van der Waals surface area contributed by atoms with E-state index in [9.17, 15) is 4.79 Å². The van der Waals surface area contributed by atoms with Crippen molar-refractivity contribution in [3.05, 3.63) is 17.7 Å². The molecule has 0 saturated heterocycles. The molecule has 4 nitrogen and oxygen atoms in total. The van der Waals surface area contributed by atoms with E-state index in [0.717, 1.165) is 0 Å². The topological polar surface area (TPSA) is 44.8 Å². The lowest BCUT2D eigenvalue weighted by atomic mass is 10.00. The minimum Gasteiger partial charge on any atom is -0.493 e. The second-order valence-corrected chi connectivity index (χ2v) is 4.12. The molecular weight excluding hydrogens is 208 g/mol. The van der Waals surface area contributed by atoms with Gasteiger partial charge in [0.05, 0.1) is 19.8 Å². The Hall–Kier alpha value is -1.71. The number of carbonyl (C=O) groups is 1. The zero-order valence-electron chi connectivity index (χ0n) is 9.79. The first-order valence-electron chi connectivity index (χ1n) is 5.00. The summed E-state index contributed by atoms with van der Waals surface area (Å²) in [5, 5.41) is 0. The van der Waals surface area contributed by atoms with E-state index in [-0.39, 0.29) is 5.78 Å². The summed E-state index contributed by atoms with van der Waals surface area (Å²) < 4.78 is 16.0. The number of hydrogen-bond acceptors (Lipinski definition) is 4. The average molecular weight is 222 g/mol. The fourth-order valence-electron chi connectivity index (χ4n) is 1.80. The van der Waals surface area contributed by atoms with Gasteiger partial charge in [-0.3, -0.25) is 4.79 Å². The molecule has 86 valence electrons. The summed E-state index contributed by atoms with van der Waals surface area (Å²) in [4.78, 5) is 12.0. The zero-order chi connectivity index (χ0) is 11.9. The monoisotopic (exact) mass is 222 g/mol. The Kier molecular flexibility index (Phi) is 2.30. The van der Waals surface area contributed by atoms with Gasteiger partial charge in [0.1, 0.15) is 0 Å². The fourth-order valence-corrected chi connectivity index (χ4v) is 1.80. The molecule has 0 aromatic heterocycles. The molecule has 0 amide bonds. The van der Waals surface area contributed by atoms with Gasteiger partial charge in [0, 0.05) is 0 Å². The molecule has 1 aliphatic heterocycles. The Morgan fingerprint density at radius 2 is 1.88 bits per heavy atom. The van der Waals surface area contributed by atoms with Crippen LogP contribution in [0.5, 0.6) is 17.2 Å². The molecule has 1 aliphatic rings. The first kappa shape index (κ1) is 10.8. The molecule has 0 radical (unpaired) electrons. The van der Waals surface area contributed by atoms with E-state index in [1.54, 1.807) is 33.1 Å². The van der Waals surface area contributed by atoms with E-state index >= 15 is 0 Å². The van der Waals surface area contributed by atoms with Gasteiger partial charge in [-0.15, -0.1) is 0 Å². The van der Waals surface area contributed by atoms with E-state index in [1.165, 1.54) is 7.11 Å². The van der Waals surface area contributed by atoms with E-state index < -0.39 is 5.60 Å².